The molecule has 19 aromatic rings. The average Bonchev–Trinajstić information content (AvgIpc) is 1.28. The monoisotopic (exact) mass is 1270 g/mol. The largest absolute Gasteiger partial charge is 0.311 e. The van der Waals surface area contributed by atoms with Crippen LogP contribution in [0.5, 0.6) is 0 Å². The molecule has 0 saturated heterocycles. The third kappa shape index (κ3) is 7.36. The Hall–Kier alpha value is -12.3. The van der Waals surface area contributed by atoms with Crippen molar-refractivity contribution in [2.24, 2.45) is 0 Å². The van der Waals surface area contributed by atoms with Gasteiger partial charge in [-0.05, 0) is 145 Å². The maximum atomic E-state index is 2.73. The van der Waals surface area contributed by atoms with Crippen molar-refractivity contribution < 1.29 is 0 Å². The summed E-state index contributed by atoms with van der Waals surface area (Å²) in [4.78, 5) is 2.73. The molecule has 5 nitrogen and oxygen atoms in total. The highest BCUT2D eigenvalue weighted by Crippen LogP contribution is 2.45. The highest BCUT2D eigenvalue weighted by molar-refractivity contribution is 7.24. The zero-order valence-corrected chi connectivity index (χ0v) is 54.8. The number of rotatable bonds is 8. The summed E-state index contributed by atoms with van der Waals surface area (Å²) in [5.74, 6) is 0. The van der Waals surface area contributed by atoms with Crippen molar-refractivity contribution in [2.75, 3.05) is 4.90 Å². The first-order chi connectivity index (χ1) is 48.2. The summed E-state index contributed by atoms with van der Waals surface area (Å²) < 4.78 is 9.99. The molecule has 15 aromatic carbocycles. The van der Waals surface area contributed by atoms with Crippen molar-refractivity contribution >= 4 is 162 Å². The van der Waals surface area contributed by atoms with Crippen molar-refractivity contribution in [2.45, 2.75) is 0 Å². The molecular formula is C90H59N5Si2. The Bertz CT molecular complexity index is 6130. The number of hydrogen-bond donors (Lipinski definition) is 0. The van der Waals surface area contributed by atoms with E-state index in [0.29, 0.717) is 0 Å². The molecule has 0 fully saturated rings. The van der Waals surface area contributed by atoms with E-state index < -0.39 is 16.1 Å². The van der Waals surface area contributed by atoms with Crippen LogP contribution < -0.4 is 46.4 Å². The molecule has 2 aliphatic heterocycles. The van der Waals surface area contributed by atoms with Gasteiger partial charge in [-0.3, -0.25) is 0 Å². The molecule has 97 heavy (non-hydrogen) atoms. The number of hydrogen-bond acceptors (Lipinski definition) is 1. The van der Waals surface area contributed by atoms with E-state index in [-0.39, 0.29) is 0 Å². The first kappa shape index (κ1) is 54.2. The standard InChI is InChI=1S/C90H59N5Si2/c1-3-28-64(29-4-1)96(65-30-5-2-6-31-65)87-55-53-63(94-82-47-20-13-40-74(82)75-58-62(52-54-83(75)94)93-80-45-18-11-38-72(80)73-39-12-19-46-81(73)93)59-85(87)95-84-48-21-22-49-86(84)97(89-51-25-50-88(96)90(89)95,66-32-23-26-60(56-66)91-76-41-14-7-34-68(76)69-35-8-15-42-77(69)91)67-33-24-27-61(57-67)92-78-43-16-9-36-70(78)71-37-10-17-44-79(71)92/h1-59H. The Morgan fingerprint density at radius 2 is 0.474 bits per heavy atom. The summed E-state index contributed by atoms with van der Waals surface area (Å²) in [7, 11) is -6.82. The number of nitrogens with zero attached hydrogens (tertiary/aromatic N) is 5. The van der Waals surface area contributed by atoms with Crippen molar-refractivity contribution in [3.05, 3.63) is 358 Å². The van der Waals surface area contributed by atoms with Gasteiger partial charge in [0, 0.05) is 82.9 Å². The minimum atomic E-state index is -3.53. The Balaban J connectivity index is 0.871. The molecule has 2 aliphatic rings. The minimum Gasteiger partial charge on any atom is -0.311 e. The lowest BCUT2D eigenvalue weighted by Gasteiger charge is -2.52. The van der Waals surface area contributed by atoms with Gasteiger partial charge in [-0.1, -0.05) is 255 Å². The van der Waals surface area contributed by atoms with Crippen LogP contribution in [0.4, 0.5) is 17.1 Å². The number of aromatic nitrogens is 4. The molecule has 0 N–H and O–H groups in total. The van der Waals surface area contributed by atoms with Crippen LogP contribution in [0.25, 0.3) is 110 Å². The lowest BCUT2D eigenvalue weighted by Crippen LogP contribution is -2.82. The van der Waals surface area contributed by atoms with Crippen LogP contribution in [-0.4, -0.2) is 34.4 Å². The van der Waals surface area contributed by atoms with Gasteiger partial charge in [0.25, 0.3) is 0 Å². The molecule has 0 unspecified atom stereocenters. The molecule has 0 amide bonds. The third-order valence-corrected chi connectivity index (χ3v) is 31.3. The van der Waals surface area contributed by atoms with Gasteiger partial charge in [-0.2, -0.15) is 0 Å². The zero-order chi connectivity index (χ0) is 63.5. The second-order valence-corrected chi connectivity index (χ2v) is 33.7. The lowest BCUT2D eigenvalue weighted by atomic mass is 10.1. The molecule has 0 aliphatic carbocycles. The molecule has 0 bridgehead atoms. The zero-order valence-electron chi connectivity index (χ0n) is 52.8. The first-order valence-electron chi connectivity index (χ1n) is 33.7. The van der Waals surface area contributed by atoms with Gasteiger partial charge in [0.15, 0.2) is 16.1 Å². The molecule has 0 atom stereocenters. The third-order valence-electron chi connectivity index (χ3n) is 21.6. The summed E-state index contributed by atoms with van der Waals surface area (Å²) in [5, 5.41) is 20.7. The average molecular weight is 1270 g/mol. The fourth-order valence-electron chi connectivity index (χ4n) is 17.9. The normalized spacial score (nSPS) is 13.7. The van der Waals surface area contributed by atoms with Gasteiger partial charge < -0.3 is 23.2 Å². The Labute approximate surface area is 562 Å². The SMILES string of the molecule is c1ccc([Si]2(c3ccccc3)c3ccc(-n4c5ccccc5c5cc(-n6c7ccccc7c7ccccc76)ccc54)cc3N3c4ccccc4[Si](c4cccc(-n5c6ccccc6c6ccccc65)c4)(c4cccc(-n5c6ccccc6c6ccccc65)c4)c4cccc2c43)cc1. The fourth-order valence-corrected chi connectivity index (χ4v) is 28.3. The second-order valence-electron chi connectivity index (χ2n) is 26.3. The van der Waals surface area contributed by atoms with Gasteiger partial charge in [-0.25, -0.2) is 0 Å². The molecule has 4 aromatic heterocycles. The van der Waals surface area contributed by atoms with Crippen LogP contribution >= 0.6 is 0 Å². The molecule has 7 heteroatoms. The topological polar surface area (TPSA) is 23.0 Å². The van der Waals surface area contributed by atoms with E-state index in [4.69, 9.17) is 0 Å². The van der Waals surface area contributed by atoms with Gasteiger partial charge in [0.05, 0.1) is 44.1 Å². The minimum absolute atomic E-state index is 1.11. The van der Waals surface area contributed by atoms with Crippen LogP contribution in [0, 0.1) is 0 Å². The molecule has 6 heterocycles. The lowest BCUT2D eigenvalue weighted by molar-refractivity contribution is 1.16. The van der Waals surface area contributed by atoms with Crippen LogP contribution in [0.1, 0.15) is 0 Å². The van der Waals surface area contributed by atoms with Gasteiger partial charge >= 0.3 is 0 Å². The second kappa shape index (κ2) is 20.6. The van der Waals surface area contributed by atoms with E-state index in [9.17, 15) is 0 Å². The van der Waals surface area contributed by atoms with E-state index in [2.05, 4.69) is 381 Å². The van der Waals surface area contributed by atoms with Crippen molar-refractivity contribution in [1.82, 2.24) is 18.3 Å². The molecule has 0 spiro atoms. The Morgan fingerprint density at radius 1 is 0.175 bits per heavy atom. The van der Waals surface area contributed by atoms with Crippen LogP contribution in [0.15, 0.2) is 358 Å². The van der Waals surface area contributed by atoms with Crippen LogP contribution in [0.3, 0.4) is 0 Å². The molecular weight excluding hydrogens is 1210 g/mol. The predicted octanol–water partition coefficient (Wildman–Crippen LogP) is 16.9. The maximum Gasteiger partial charge on any atom is 0.184 e. The summed E-state index contributed by atoms with van der Waals surface area (Å²) in [5.41, 5.74) is 17.7. The first-order valence-corrected chi connectivity index (χ1v) is 37.7. The van der Waals surface area contributed by atoms with Crippen molar-refractivity contribution in [3.63, 3.8) is 0 Å². The van der Waals surface area contributed by atoms with E-state index in [1.54, 1.807) is 0 Å². The molecule has 21 rings (SSSR count). The summed E-state index contributed by atoms with van der Waals surface area (Å²) in [6.45, 7) is 0. The maximum absolute atomic E-state index is 3.53. The predicted molar refractivity (Wildman–Crippen MR) is 413 cm³/mol. The van der Waals surface area contributed by atoms with E-state index in [1.807, 2.05) is 0 Å². The van der Waals surface area contributed by atoms with Crippen LogP contribution in [-0.2, 0) is 0 Å². The Morgan fingerprint density at radius 3 is 0.918 bits per heavy atom. The fraction of sp³-hybridized carbons (Fsp3) is 0. The van der Waals surface area contributed by atoms with E-state index in [0.717, 1.165) is 28.3 Å². The number of anilines is 3. The van der Waals surface area contributed by atoms with Gasteiger partial charge in [-0.15, -0.1) is 0 Å². The highest BCUT2D eigenvalue weighted by atomic mass is 28.3. The van der Waals surface area contributed by atoms with E-state index in [1.165, 1.54) is 140 Å². The van der Waals surface area contributed by atoms with Crippen molar-refractivity contribution in [3.8, 4) is 22.7 Å². The quantitative estimate of drug-likeness (QED) is 0.139. The summed E-state index contributed by atoms with van der Waals surface area (Å²) in [6, 6.07) is 137. The van der Waals surface area contributed by atoms with Crippen LogP contribution in [0.2, 0.25) is 0 Å². The molecule has 0 saturated carbocycles. The number of para-hydroxylation sites is 9. The summed E-state index contributed by atoms with van der Waals surface area (Å²) in [6.07, 6.45) is 0. The van der Waals surface area contributed by atoms with Crippen molar-refractivity contribution in [1.29, 1.82) is 0 Å². The number of fused-ring (bicyclic) bond motifs is 16. The van der Waals surface area contributed by atoms with E-state index >= 15 is 0 Å². The molecule has 0 radical (unpaired) electrons. The summed E-state index contributed by atoms with van der Waals surface area (Å²) >= 11 is 0. The number of benzene rings is 15. The highest BCUT2D eigenvalue weighted by Gasteiger charge is 2.56. The van der Waals surface area contributed by atoms with Gasteiger partial charge in [0.1, 0.15) is 0 Å². The van der Waals surface area contributed by atoms with Gasteiger partial charge in [0.2, 0.25) is 0 Å². The Kier molecular flexibility index (Phi) is 11.5. The molecule has 452 valence electrons. The smallest absolute Gasteiger partial charge is 0.184 e.